The van der Waals surface area contributed by atoms with Crippen LogP contribution in [-0.2, 0) is 23.1 Å². The predicted octanol–water partition coefficient (Wildman–Crippen LogP) is 2.33. The fourth-order valence-electron chi connectivity index (χ4n) is 5.54. The Kier molecular flexibility index (Phi) is 4.90. The van der Waals surface area contributed by atoms with Gasteiger partial charge in [-0.25, -0.2) is 9.36 Å². The molecular weight excluding hydrogens is 398 g/mol. The number of hydrogen-bond donors (Lipinski definition) is 0. The van der Waals surface area contributed by atoms with Gasteiger partial charge in [0, 0.05) is 24.5 Å². The topological polar surface area (TPSA) is 92.5 Å². The number of ether oxygens (including phenoxy) is 1. The first-order valence-electron chi connectivity index (χ1n) is 10.7. The summed E-state index contributed by atoms with van der Waals surface area (Å²) in [7, 11) is 2.80. The van der Waals surface area contributed by atoms with E-state index in [1.165, 1.54) is 18.1 Å². The molecule has 0 bridgehead atoms. The molecule has 1 aliphatic rings. The molecule has 9 heteroatoms. The van der Waals surface area contributed by atoms with Crippen molar-refractivity contribution in [2.45, 2.75) is 66.5 Å². The van der Waals surface area contributed by atoms with Crippen molar-refractivity contribution in [3.8, 4) is 0 Å². The quantitative estimate of drug-likeness (QED) is 0.596. The van der Waals surface area contributed by atoms with Gasteiger partial charge in [-0.15, -0.1) is 0 Å². The molecule has 0 spiro atoms. The van der Waals surface area contributed by atoms with Crippen LogP contribution in [0.25, 0.3) is 16.9 Å². The van der Waals surface area contributed by atoms with Crippen LogP contribution >= 0.6 is 0 Å². The molecule has 0 unspecified atom stereocenters. The van der Waals surface area contributed by atoms with Crippen molar-refractivity contribution in [2.24, 2.45) is 18.4 Å². The second-order valence-corrected chi connectivity index (χ2v) is 9.84. The van der Waals surface area contributed by atoms with E-state index in [-0.39, 0.29) is 11.5 Å². The Morgan fingerprint density at radius 2 is 1.87 bits per heavy atom. The Hall–Kier alpha value is -2.84. The van der Waals surface area contributed by atoms with Gasteiger partial charge in [-0.2, -0.15) is 4.98 Å². The Bertz CT molecular complexity index is 1320. The molecular formula is C22H31N5O4. The average molecular weight is 430 g/mol. The summed E-state index contributed by atoms with van der Waals surface area (Å²) >= 11 is 0. The van der Waals surface area contributed by atoms with Crippen LogP contribution in [0.2, 0.25) is 0 Å². The lowest BCUT2D eigenvalue weighted by Gasteiger charge is -2.40. The molecule has 31 heavy (non-hydrogen) atoms. The zero-order chi connectivity index (χ0) is 22.8. The molecule has 2 atom stereocenters. The Labute approximate surface area is 180 Å². The minimum absolute atomic E-state index is 0.218. The summed E-state index contributed by atoms with van der Waals surface area (Å²) in [5.74, 6) is 0.605. The van der Waals surface area contributed by atoms with E-state index in [0.29, 0.717) is 22.9 Å². The third-order valence-electron chi connectivity index (χ3n) is 6.80. The van der Waals surface area contributed by atoms with Crippen LogP contribution in [-0.4, -0.2) is 36.2 Å². The maximum atomic E-state index is 13.3. The molecule has 0 radical (unpaired) electrons. The van der Waals surface area contributed by atoms with Crippen molar-refractivity contribution in [3.63, 3.8) is 0 Å². The van der Waals surface area contributed by atoms with Gasteiger partial charge >= 0.3 is 11.7 Å². The van der Waals surface area contributed by atoms with E-state index in [2.05, 4.69) is 37.0 Å². The number of rotatable bonds is 3. The van der Waals surface area contributed by atoms with Gasteiger partial charge in [0.05, 0.1) is 7.11 Å². The number of fused-ring (bicyclic) bond motifs is 3. The van der Waals surface area contributed by atoms with Gasteiger partial charge in [0.1, 0.15) is 6.54 Å². The largest absolute Gasteiger partial charge is 0.468 e. The monoisotopic (exact) mass is 429 g/mol. The van der Waals surface area contributed by atoms with Gasteiger partial charge in [-0.1, -0.05) is 20.8 Å². The number of carbonyl (C=O) groups excluding carboxylic acids is 1. The predicted molar refractivity (Wildman–Crippen MR) is 118 cm³/mol. The van der Waals surface area contributed by atoms with Crippen molar-refractivity contribution in [2.75, 3.05) is 7.11 Å². The second kappa shape index (κ2) is 7.10. The standard InChI is InChI=1S/C22H31N5O4/c1-12-8-15(10-22(4,5)9-12)26-13(2)14(3)27-17-18(23-20(26)27)24(6)21(30)25(19(17)29)11-16(28)31-7/h12,15H,8-11H2,1-7H3/t12-,15-/m0/s1. The molecule has 3 heterocycles. The summed E-state index contributed by atoms with van der Waals surface area (Å²) in [6.45, 7) is 10.5. The summed E-state index contributed by atoms with van der Waals surface area (Å²) in [5.41, 5.74) is 1.71. The minimum atomic E-state index is -0.650. The average Bonchev–Trinajstić information content (AvgIpc) is 3.17. The van der Waals surface area contributed by atoms with Gasteiger partial charge in [0.15, 0.2) is 11.2 Å². The van der Waals surface area contributed by atoms with E-state index in [4.69, 9.17) is 4.98 Å². The molecule has 4 rings (SSSR count). The number of methoxy groups -OCH3 is 1. The number of aromatic nitrogens is 5. The highest BCUT2D eigenvalue weighted by atomic mass is 16.5. The fraction of sp³-hybridized carbons (Fsp3) is 0.636. The van der Waals surface area contributed by atoms with Crippen LogP contribution in [0.1, 0.15) is 57.5 Å². The summed E-state index contributed by atoms with van der Waals surface area (Å²) in [6, 6.07) is 0.265. The van der Waals surface area contributed by atoms with Crippen LogP contribution in [0, 0.1) is 25.2 Å². The third-order valence-corrected chi connectivity index (χ3v) is 6.80. The van der Waals surface area contributed by atoms with Crippen molar-refractivity contribution in [1.82, 2.24) is 23.1 Å². The second-order valence-electron chi connectivity index (χ2n) is 9.84. The van der Waals surface area contributed by atoms with E-state index in [1.807, 2.05) is 11.3 Å². The molecule has 1 saturated carbocycles. The number of imidazole rings is 2. The van der Waals surface area contributed by atoms with E-state index >= 15 is 0 Å². The molecule has 0 saturated heterocycles. The number of esters is 1. The summed E-state index contributed by atoms with van der Waals surface area (Å²) < 4.78 is 11.0. The Morgan fingerprint density at radius 1 is 1.19 bits per heavy atom. The molecule has 0 N–H and O–H groups in total. The fourth-order valence-corrected chi connectivity index (χ4v) is 5.54. The molecule has 3 aromatic rings. The van der Waals surface area contributed by atoms with Crippen molar-refractivity contribution >= 4 is 22.9 Å². The maximum Gasteiger partial charge on any atom is 0.333 e. The Balaban J connectivity index is 2.03. The van der Waals surface area contributed by atoms with Gasteiger partial charge in [0.2, 0.25) is 5.78 Å². The molecule has 9 nitrogen and oxygen atoms in total. The lowest BCUT2D eigenvalue weighted by Crippen LogP contribution is -2.41. The number of carbonyl (C=O) groups is 1. The van der Waals surface area contributed by atoms with E-state index in [0.717, 1.165) is 28.8 Å². The molecule has 1 fully saturated rings. The van der Waals surface area contributed by atoms with Gasteiger partial charge in [-0.3, -0.25) is 18.6 Å². The molecule has 0 aromatic carbocycles. The van der Waals surface area contributed by atoms with Crippen LogP contribution in [0.15, 0.2) is 9.59 Å². The Morgan fingerprint density at radius 3 is 2.48 bits per heavy atom. The summed E-state index contributed by atoms with van der Waals surface area (Å²) in [4.78, 5) is 42.7. The lowest BCUT2D eigenvalue weighted by atomic mass is 9.70. The zero-order valence-electron chi connectivity index (χ0n) is 19.4. The van der Waals surface area contributed by atoms with Crippen LogP contribution in [0.5, 0.6) is 0 Å². The highest BCUT2D eigenvalue weighted by Gasteiger charge is 2.35. The van der Waals surface area contributed by atoms with Crippen molar-refractivity contribution in [3.05, 3.63) is 32.2 Å². The lowest BCUT2D eigenvalue weighted by molar-refractivity contribution is -0.141. The van der Waals surface area contributed by atoms with Crippen LogP contribution in [0.4, 0.5) is 0 Å². The van der Waals surface area contributed by atoms with Gasteiger partial charge in [0.25, 0.3) is 5.56 Å². The van der Waals surface area contributed by atoms with Gasteiger partial charge < -0.3 is 9.30 Å². The molecule has 0 aliphatic heterocycles. The first-order chi connectivity index (χ1) is 14.5. The van der Waals surface area contributed by atoms with Crippen LogP contribution < -0.4 is 11.2 Å². The normalized spacial score (nSPS) is 21.1. The maximum absolute atomic E-state index is 13.3. The summed E-state index contributed by atoms with van der Waals surface area (Å²) in [5, 5.41) is 0. The number of hydrogen-bond acceptors (Lipinski definition) is 5. The van der Waals surface area contributed by atoms with Crippen LogP contribution in [0.3, 0.4) is 0 Å². The van der Waals surface area contributed by atoms with Gasteiger partial charge in [-0.05, 0) is 44.4 Å². The molecule has 1 aliphatic carbocycles. The third kappa shape index (κ3) is 3.21. The first kappa shape index (κ1) is 21.4. The van der Waals surface area contributed by atoms with Crippen molar-refractivity contribution in [1.29, 1.82) is 0 Å². The molecule has 0 amide bonds. The number of nitrogens with zero attached hydrogens (tertiary/aromatic N) is 5. The molecule has 168 valence electrons. The highest BCUT2D eigenvalue weighted by molar-refractivity contribution is 5.77. The van der Waals surface area contributed by atoms with Crippen molar-refractivity contribution < 1.29 is 9.53 Å². The SMILES string of the molecule is COC(=O)Cn1c(=O)c2c(nc3n([C@H]4C[C@H](C)CC(C)(C)C4)c(C)c(C)n23)n(C)c1=O. The summed E-state index contributed by atoms with van der Waals surface area (Å²) in [6.07, 6.45) is 3.25. The molecule has 3 aromatic heterocycles. The smallest absolute Gasteiger partial charge is 0.333 e. The van der Waals surface area contributed by atoms with E-state index < -0.39 is 23.8 Å². The minimum Gasteiger partial charge on any atom is -0.468 e. The first-order valence-corrected chi connectivity index (χ1v) is 10.7. The van der Waals surface area contributed by atoms with E-state index in [9.17, 15) is 14.4 Å². The van der Waals surface area contributed by atoms with E-state index in [1.54, 1.807) is 7.05 Å². The zero-order valence-corrected chi connectivity index (χ0v) is 19.4. The number of aryl methyl sites for hydroxylation is 2. The highest BCUT2D eigenvalue weighted by Crippen LogP contribution is 2.45.